The van der Waals surface area contributed by atoms with Crippen molar-refractivity contribution in [3.8, 4) is 96.3 Å². The molecule has 0 N–H and O–H groups in total. The molecule has 12 heteroatoms. The van der Waals surface area contributed by atoms with Crippen molar-refractivity contribution >= 4 is 72.8 Å². The van der Waals surface area contributed by atoms with Gasteiger partial charge in [-0.15, -0.1) is 0 Å². The summed E-state index contributed by atoms with van der Waals surface area (Å²) in [5.74, 6) is 8.88. The molecule has 3 aliphatic rings. The van der Waals surface area contributed by atoms with Gasteiger partial charge >= 0.3 is 0 Å². The van der Waals surface area contributed by atoms with Gasteiger partial charge in [0.2, 0.25) is 0 Å². The molecule has 12 nitrogen and oxygen atoms in total. The summed E-state index contributed by atoms with van der Waals surface area (Å²) in [5.41, 5.74) is 20.9. The van der Waals surface area contributed by atoms with Gasteiger partial charge in [0.15, 0.2) is 34.5 Å². The van der Waals surface area contributed by atoms with E-state index in [1.54, 1.807) is 12.1 Å². The zero-order valence-corrected chi connectivity index (χ0v) is 53.0. The first-order valence-corrected chi connectivity index (χ1v) is 32.6. The molecule has 0 amide bonds. The van der Waals surface area contributed by atoms with Crippen molar-refractivity contribution in [2.75, 3.05) is 0 Å². The van der Waals surface area contributed by atoms with E-state index >= 15 is 0 Å². The lowest BCUT2D eigenvalue weighted by molar-refractivity contribution is 0.474. The minimum Gasteiger partial charge on any atom is -0.453 e. The summed E-state index contributed by atoms with van der Waals surface area (Å²) in [5, 5.41) is 1.03. The summed E-state index contributed by atoms with van der Waals surface area (Å²) >= 11 is 0. The van der Waals surface area contributed by atoms with E-state index in [2.05, 4.69) is 154 Å². The predicted octanol–water partition coefficient (Wildman–Crippen LogP) is 21.3. The van der Waals surface area contributed by atoms with E-state index in [9.17, 15) is 0 Å². The molecule has 0 unspecified atom stereocenters. The molecule has 17 aromatic rings. The highest BCUT2D eigenvalue weighted by molar-refractivity contribution is 5.99. The van der Waals surface area contributed by atoms with Crippen LogP contribution in [0.5, 0.6) is 34.5 Å². The van der Waals surface area contributed by atoms with Crippen molar-refractivity contribution < 1.29 is 21.1 Å². The van der Waals surface area contributed by atoms with Crippen LogP contribution in [0.1, 0.15) is 56.2 Å². The summed E-state index contributed by atoms with van der Waals surface area (Å²) in [6.45, 7) is 6.38. The second kappa shape index (κ2) is 23.4. The van der Waals surface area contributed by atoms with Crippen LogP contribution in [-0.2, 0) is 19.3 Å². The monoisotopic (exact) mass is 1260 g/mol. The van der Waals surface area contributed by atoms with E-state index in [-0.39, 0.29) is 35.8 Å². The molecule has 0 radical (unpaired) electrons. The Balaban J connectivity index is 0.000000112. The highest BCUT2D eigenvalue weighted by Crippen LogP contribution is 2.47. The van der Waals surface area contributed by atoms with Crippen LogP contribution in [0.15, 0.2) is 267 Å². The van der Waals surface area contributed by atoms with Gasteiger partial charge in [0.25, 0.3) is 0 Å². The second-order valence-electron chi connectivity index (χ2n) is 24.0. The Bertz CT molecular complexity index is 6290. The van der Waals surface area contributed by atoms with Gasteiger partial charge in [-0.3, -0.25) is 18.1 Å². The zero-order valence-electron chi connectivity index (χ0n) is 58.0. The summed E-state index contributed by atoms with van der Waals surface area (Å²) in [7, 11) is 0. The summed E-state index contributed by atoms with van der Waals surface area (Å²) < 4.78 is 68.0. The lowest BCUT2D eigenvalue weighted by atomic mass is 9.98. The van der Waals surface area contributed by atoms with Crippen LogP contribution in [0.2, 0.25) is 0 Å². The number of benzene rings is 12. The average Bonchev–Trinajstić information content (AvgIpc) is 1.53. The molecule has 0 saturated heterocycles. The number of nitrogens with zero attached hydrogens (tertiary/aromatic N) is 9. The quantitative estimate of drug-likeness (QED) is 0.131. The summed E-state index contributed by atoms with van der Waals surface area (Å²) in [6, 6.07) is 77.9. The molecule has 0 fully saturated rings. The number of rotatable bonds is 9. The molecule has 0 aliphatic carbocycles. The molecule has 464 valence electrons. The van der Waals surface area contributed by atoms with Gasteiger partial charge in [0.1, 0.15) is 45.5 Å². The van der Waals surface area contributed by atoms with Crippen LogP contribution < -0.4 is 14.2 Å². The third-order valence-electron chi connectivity index (χ3n) is 18.3. The Labute approximate surface area is 565 Å². The Morgan fingerprint density at radius 3 is 1.33 bits per heavy atom. The van der Waals surface area contributed by atoms with Crippen molar-refractivity contribution in [3.63, 3.8) is 0 Å². The van der Waals surface area contributed by atoms with Crippen LogP contribution in [0.4, 0.5) is 0 Å². The largest absolute Gasteiger partial charge is 0.453 e. The van der Waals surface area contributed by atoms with E-state index < -0.39 is 0 Å². The molecule has 0 atom stereocenters. The van der Waals surface area contributed by atoms with Crippen LogP contribution in [0, 0.1) is 0 Å². The molecule has 0 bridgehead atoms. The van der Waals surface area contributed by atoms with E-state index in [0.29, 0.717) is 5.56 Å². The summed E-state index contributed by atoms with van der Waals surface area (Å²) in [6.07, 6.45) is 6.77. The zero-order chi connectivity index (χ0) is 69.0. The fourth-order valence-electron chi connectivity index (χ4n) is 13.7. The molecular formula is C85H61N9O3. The Hall–Kier alpha value is -12.7. The van der Waals surface area contributed by atoms with Crippen molar-refractivity contribution in [3.05, 3.63) is 295 Å². The van der Waals surface area contributed by atoms with Crippen molar-refractivity contribution in [2.45, 2.75) is 40.0 Å². The van der Waals surface area contributed by atoms with Crippen LogP contribution >= 0.6 is 0 Å². The number of aryl methyl sites for hydroxylation is 3. The SMILES string of the molecule is CCc1nc2cccc3c2n1-c1ccc(-c2nc4ccccc4c4nc5ccccc5n24)cc1O3.CCc1nc2cccc3c2n1-c1ccc(/C=C/c2ccccc2)cc1O3.[2H]c1c([2H])c([2H])c(-c2ccc(-c3ccc(-c4ccc5c(c4)Oc4cccc6nc(CC)n-5c46)cc3)cc2)c([2H])c1[2H]. The fraction of sp³-hybridized carbons (Fsp3) is 0.0706. The first-order chi connectivity index (χ1) is 50.0. The number of para-hydroxylation sites is 6. The first kappa shape index (κ1) is 51.8. The highest BCUT2D eigenvalue weighted by Gasteiger charge is 2.28. The lowest BCUT2D eigenvalue weighted by Gasteiger charge is -2.21. The maximum atomic E-state index is 8.24. The Kier molecular flexibility index (Phi) is 12.5. The molecular weight excluding hydrogens is 1190 g/mol. The van der Waals surface area contributed by atoms with Gasteiger partial charge in [0, 0.05) is 30.2 Å². The highest BCUT2D eigenvalue weighted by atomic mass is 16.5. The van der Waals surface area contributed by atoms with Crippen LogP contribution in [-0.4, -0.2) is 43.0 Å². The Morgan fingerprint density at radius 2 is 0.773 bits per heavy atom. The molecule has 3 aliphatic heterocycles. The van der Waals surface area contributed by atoms with Gasteiger partial charge < -0.3 is 14.2 Å². The maximum Gasteiger partial charge on any atom is 0.153 e. The third kappa shape index (κ3) is 9.79. The number of fused-ring (bicyclic) bond motifs is 11. The van der Waals surface area contributed by atoms with Crippen LogP contribution in [0.25, 0.3) is 135 Å². The second-order valence-corrected chi connectivity index (χ2v) is 24.0. The molecule has 97 heavy (non-hydrogen) atoms. The van der Waals surface area contributed by atoms with Crippen molar-refractivity contribution in [1.29, 1.82) is 0 Å². The number of hydrogen-bond acceptors (Lipinski definition) is 8. The average molecular weight is 1260 g/mol. The smallest absolute Gasteiger partial charge is 0.153 e. The number of ether oxygens (including phenoxy) is 3. The van der Waals surface area contributed by atoms with E-state index in [1.165, 1.54) is 5.56 Å². The molecule has 5 aromatic heterocycles. The van der Waals surface area contributed by atoms with Gasteiger partial charge in [-0.2, -0.15) is 0 Å². The number of imidazole rings is 4. The Morgan fingerprint density at radius 1 is 0.340 bits per heavy atom. The standard InChI is InChI=1S/C33H24N2O.C29H19N5O.C23H18N2O/c1-2-32-34-28-9-6-10-30-33(28)35(32)29-20-19-27(21-31(29)36-30)26-17-15-25(16-18-26)24-13-11-23(12-14-24)22-7-4-3-5-8-22;1-2-26-30-21-11-7-13-24-27(21)33(26)23-15-14-17(16-25(23)35-24)28-31-19-9-4-3-8-18(19)29-32-20-10-5-6-12-22(20)34(28)29;1-2-22-24-18-9-6-10-20-23(18)25(22)19-14-13-17(15-21(19)26-20)12-11-16-7-4-3-5-8-16/h3-21H,2H2,1H3;3-16H,2H2,1H3;3-15H,2H2,1H3/b;;12-11+/i3D,4D,5D,7D,8D;;. The molecule has 0 saturated carbocycles. The minimum atomic E-state index is -0.388. The van der Waals surface area contributed by atoms with Crippen molar-refractivity contribution in [2.24, 2.45) is 0 Å². The third-order valence-corrected chi connectivity index (χ3v) is 18.3. The van der Waals surface area contributed by atoms with E-state index in [4.69, 9.17) is 46.0 Å². The molecule has 20 rings (SSSR count). The fourth-order valence-corrected chi connectivity index (χ4v) is 13.7. The number of aromatic nitrogens is 9. The molecule has 12 aromatic carbocycles. The molecule has 0 spiro atoms. The van der Waals surface area contributed by atoms with E-state index in [0.717, 1.165) is 188 Å². The normalized spacial score (nSPS) is 12.9. The first-order valence-electron chi connectivity index (χ1n) is 35.1. The topological polar surface area (TPSA) is 111 Å². The van der Waals surface area contributed by atoms with Gasteiger partial charge in [-0.25, -0.2) is 24.9 Å². The van der Waals surface area contributed by atoms with Crippen molar-refractivity contribution in [1.82, 2.24) is 43.0 Å². The van der Waals surface area contributed by atoms with Gasteiger partial charge in [-0.1, -0.05) is 197 Å². The minimum absolute atomic E-state index is 0.200. The summed E-state index contributed by atoms with van der Waals surface area (Å²) in [4.78, 5) is 24.5. The lowest BCUT2D eigenvalue weighted by Crippen LogP contribution is -2.07. The van der Waals surface area contributed by atoms with E-state index in [1.807, 2.05) is 121 Å². The molecule has 8 heterocycles. The van der Waals surface area contributed by atoms with Gasteiger partial charge in [-0.05, 0) is 148 Å². The number of hydrogen-bond donors (Lipinski definition) is 0. The van der Waals surface area contributed by atoms with Crippen LogP contribution in [0.3, 0.4) is 0 Å². The predicted molar refractivity (Wildman–Crippen MR) is 390 cm³/mol. The van der Waals surface area contributed by atoms with Gasteiger partial charge in [0.05, 0.1) is 57.0 Å². The maximum absolute atomic E-state index is 8.24.